The summed E-state index contributed by atoms with van der Waals surface area (Å²) in [5.41, 5.74) is 1.71. The molecule has 8 heteroatoms. The Morgan fingerprint density at radius 1 is 1.03 bits per heavy atom. The molecule has 0 spiro atoms. The zero-order valence-electron chi connectivity index (χ0n) is 17.0. The van der Waals surface area contributed by atoms with Crippen LogP contribution in [0.2, 0.25) is 0 Å². The van der Waals surface area contributed by atoms with Crippen molar-refractivity contribution in [2.75, 3.05) is 37.7 Å². The van der Waals surface area contributed by atoms with Crippen molar-refractivity contribution in [1.82, 2.24) is 4.90 Å². The molecule has 0 unspecified atom stereocenters. The highest BCUT2D eigenvalue weighted by Crippen LogP contribution is 2.28. The molecule has 0 N–H and O–H groups in total. The van der Waals surface area contributed by atoms with Gasteiger partial charge in [0.1, 0.15) is 17.2 Å². The van der Waals surface area contributed by atoms with Gasteiger partial charge in [-0.1, -0.05) is 24.3 Å². The number of anilines is 1. The summed E-state index contributed by atoms with van der Waals surface area (Å²) < 4.78 is 5.60. The Morgan fingerprint density at radius 3 is 2.33 bits per heavy atom. The molecule has 0 atom stereocenters. The summed E-state index contributed by atoms with van der Waals surface area (Å²) in [7, 11) is 0. The summed E-state index contributed by atoms with van der Waals surface area (Å²) in [6, 6.07) is 14.0. The fourth-order valence-corrected chi connectivity index (χ4v) is 3.39. The van der Waals surface area contributed by atoms with Gasteiger partial charge in [0.25, 0.3) is 11.6 Å². The second-order valence-electron chi connectivity index (χ2n) is 7.25. The van der Waals surface area contributed by atoms with E-state index in [1.165, 1.54) is 6.07 Å². The zero-order chi connectivity index (χ0) is 21.5. The molecule has 0 aliphatic carbocycles. The number of rotatable bonds is 8. The SMILES string of the molecule is CC(=O)CCc1ccc(OCC(=O)N2CCN(c3ccccc3[N+](=O)[O-])CC2)cc1. The zero-order valence-corrected chi connectivity index (χ0v) is 17.0. The molecule has 2 aromatic carbocycles. The molecular weight excluding hydrogens is 386 g/mol. The number of aryl methyl sites for hydroxylation is 1. The van der Waals surface area contributed by atoms with Crippen molar-refractivity contribution in [3.05, 3.63) is 64.2 Å². The highest BCUT2D eigenvalue weighted by Gasteiger charge is 2.25. The van der Waals surface area contributed by atoms with Crippen molar-refractivity contribution in [2.24, 2.45) is 0 Å². The summed E-state index contributed by atoms with van der Waals surface area (Å²) >= 11 is 0. The molecular formula is C22H25N3O5. The maximum absolute atomic E-state index is 12.5. The summed E-state index contributed by atoms with van der Waals surface area (Å²) in [6.07, 6.45) is 1.20. The van der Waals surface area contributed by atoms with Gasteiger partial charge in [-0.3, -0.25) is 14.9 Å². The molecule has 0 radical (unpaired) electrons. The summed E-state index contributed by atoms with van der Waals surface area (Å²) in [5, 5.41) is 11.2. The molecule has 0 bridgehead atoms. The third kappa shape index (κ3) is 5.56. The van der Waals surface area contributed by atoms with E-state index < -0.39 is 0 Å². The van der Waals surface area contributed by atoms with E-state index in [2.05, 4.69) is 0 Å². The topological polar surface area (TPSA) is 93.0 Å². The second kappa shape index (κ2) is 9.87. The fraction of sp³-hybridized carbons (Fsp3) is 0.364. The van der Waals surface area contributed by atoms with Crippen molar-refractivity contribution >= 4 is 23.1 Å². The van der Waals surface area contributed by atoms with Crippen molar-refractivity contribution in [3.63, 3.8) is 0 Å². The van der Waals surface area contributed by atoms with E-state index >= 15 is 0 Å². The first kappa shape index (κ1) is 21.3. The van der Waals surface area contributed by atoms with Crippen LogP contribution in [0.15, 0.2) is 48.5 Å². The Balaban J connectivity index is 1.48. The number of nitro groups is 1. The van der Waals surface area contributed by atoms with E-state index in [0.717, 1.165) is 5.56 Å². The minimum atomic E-state index is -0.383. The number of carbonyl (C=O) groups excluding carboxylic acids is 2. The molecule has 2 aromatic rings. The molecule has 0 saturated carbocycles. The predicted octanol–water partition coefficient (Wildman–Crippen LogP) is 2.84. The minimum Gasteiger partial charge on any atom is -0.484 e. The predicted molar refractivity (Wildman–Crippen MR) is 113 cm³/mol. The van der Waals surface area contributed by atoms with Gasteiger partial charge in [0.05, 0.1) is 4.92 Å². The molecule has 30 heavy (non-hydrogen) atoms. The summed E-state index contributed by atoms with van der Waals surface area (Å²) in [6.45, 7) is 3.54. The molecule has 1 fully saturated rings. The number of para-hydroxylation sites is 2. The number of Topliss-reactive ketones (excluding diaryl/α,β-unsaturated/α-hetero) is 1. The van der Waals surface area contributed by atoms with Crippen molar-refractivity contribution in [1.29, 1.82) is 0 Å². The number of carbonyl (C=O) groups is 2. The molecule has 1 amide bonds. The smallest absolute Gasteiger partial charge is 0.292 e. The van der Waals surface area contributed by atoms with E-state index in [-0.39, 0.29) is 28.9 Å². The number of piperazine rings is 1. The van der Waals surface area contributed by atoms with Gasteiger partial charge in [-0.25, -0.2) is 0 Å². The van der Waals surface area contributed by atoms with Gasteiger partial charge in [-0.05, 0) is 37.1 Å². The van der Waals surface area contributed by atoms with Gasteiger partial charge in [0.2, 0.25) is 0 Å². The Labute approximate surface area is 175 Å². The quantitative estimate of drug-likeness (QED) is 0.490. The van der Waals surface area contributed by atoms with E-state index in [9.17, 15) is 19.7 Å². The lowest BCUT2D eigenvalue weighted by Crippen LogP contribution is -2.50. The minimum absolute atomic E-state index is 0.0573. The molecule has 1 aliphatic heterocycles. The highest BCUT2D eigenvalue weighted by atomic mass is 16.6. The molecule has 1 heterocycles. The number of nitro benzene ring substituents is 1. The molecule has 0 aromatic heterocycles. The lowest BCUT2D eigenvalue weighted by molar-refractivity contribution is -0.384. The van der Waals surface area contributed by atoms with Gasteiger partial charge >= 0.3 is 0 Å². The summed E-state index contributed by atoms with van der Waals surface area (Å²) in [5.74, 6) is 0.647. The van der Waals surface area contributed by atoms with Crippen LogP contribution in [0, 0.1) is 10.1 Å². The number of ketones is 1. The Kier molecular flexibility index (Phi) is 7.00. The molecule has 8 nitrogen and oxygen atoms in total. The van der Waals surface area contributed by atoms with E-state index in [1.807, 2.05) is 17.0 Å². The normalized spacial score (nSPS) is 13.8. The lowest BCUT2D eigenvalue weighted by atomic mass is 10.1. The van der Waals surface area contributed by atoms with Crippen molar-refractivity contribution in [3.8, 4) is 5.75 Å². The number of benzene rings is 2. The second-order valence-corrected chi connectivity index (χ2v) is 7.25. The standard InChI is InChI=1S/C22H25N3O5/c1-17(26)6-7-18-8-10-19(11-9-18)30-16-22(27)24-14-12-23(13-15-24)20-4-2-3-5-21(20)25(28)29/h2-5,8-11H,6-7,12-16H2,1H3. The van der Waals surface area contributed by atoms with E-state index in [1.54, 1.807) is 42.2 Å². The Morgan fingerprint density at radius 2 is 1.70 bits per heavy atom. The van der Waals surface area contributed by atoms with Gasteiger partial charge in [0, 0.05) is 38.7 Å². The van der Waals surface area contributed by atoms with Crippen LogP contribution in [0.25, 0.3) is 0 Å². The number of nitrogens with zero attached hydrogens (tertiary/aromatic N) is 3. The molecule has 1 saturated heterocycles. The third-order valence-corrected chi connectivity index (χ3v) is 5.10. The van der Waals surface area contributed by atoms with Crippen LogP contribution < -0.4 is 9.64 Å². The van der Waals surface area contributed by atoms with Crippen LogP contribution in [-0.2, 0) is 16.0 Å². The average Bonchev–Trinajstić information content (AvgIpc) is 2.76. The van der Waals surface area contributed by atoms with Crippen LogP contribution in [0.3, 0.4) is 0 Å². The fourth-order valence-electron chi connectivity index (χ4n) is 3.39. The lowest BCUT2D eigenvalue weighted by Gasteiger charge is -2.35. The average molecular weight is 411 g/mol. The number of ether oxygens (including phenoxy) is 1. The van der Waals surface area contributed by atoms with Gasteiger partial charge < -0.3 is 19.3 Å². The first-order chi connectivity index (χ1) is 14.4. The highest BCUT2D eigenvalue weighted by molar-refractivity contribution is 5.78. The van der Waals surface area contributed by atoms with Crippen molar-refractivity contribution in [2.45, 2.75) is 19.8 Å². The number of hydrogen-bond donors (Lipinski definition) is 0. The third-order valence-electron chi connectivity index (χ3n) is 5.10. The van der Waals surface area contributed by atoms with Gasteiger partial charge in [-0.2, -0.15) is 0 Å². The monoisotopic (exact) mass is 411 g/mol. The number of amides is 1. The largest absolute Gasteiger partial charge is 0.484 e. The molecule has 158 valence electrons. The van der Waals surface area contributed by atoms with Crippen LogP contribution in [0.4, 0.5) is 11.4 Å². The van der Waals surface area contributed by atoms with E-state index in [0.29, 0.717) is 50.5 Å². The Bertz CT molecular complexity index is 905. The first-order valence-electron chi connectivity index (χ1n) is 9.91. The van der Waals surface area contributed by atoms with Gasteiger partial charge in [-0.15, -0.1) is 0 Å². The van der Waals surface area contributed by atoms with Crippen LogP contribution >= 0.6 is 0 Å². The molecule has 3 rings (SSSR count). The molecule has 1 aliphatic rings. The van der Waals surface area contributed by atoms with Crippen LogP contribution in [-0.4, -0.2) is 54.3 Å². The summed E-state index contributed by atoms with van der Waals surface area (Å²) in [4.78, 5) is 38.0. The van der Waals surface area contributed by atoms with E-state index in [4.69, 9.17) is 4.74 Å². The van der Waals surface area contributed by atoms with Gasteiger partial charge in [0.15, 0.2) is 6.61 Å². The maximum Gasteiger partial charge on any atom is 0.292 e. The number of hydrogen-bond acceptors (Lipinski definition) is 6. The first-order valence-corrected chi connectivity index (χ1v) is 9.91. The van der Waals surface area contributed by atoms with Crippen LogP contribution in [0.5, 0.6) is 5.75 Å². The van der Waals surface area contributed by atoms with Crippen molar-refractivity contribution < 1.29 is 19.2 Å². The Hall–Kier alpha value is -3.42. The maximum atomic E-state index is 12.5. The van der Waals surface area contributed by atoms with Crippen LogP contribution in [0.1, 0.15) is 18.9 Å².